The van der Waals surface area contributed by atoms with Gasteiger partial charge in [0.2, 0.25) is 5.95 Å². The van der Waals surface area contributed by atoms with Crippen LogP contribution < -0.4 is 20.3 Å². The lowest BCUT2D eigenvalue weighted by Gasteiger charge is -2.43. The third-order valence-electron chi connectivity index (χ3n) is 9.89. The topological polar surface area (TPSA) is 107 Å². The first-order valence-corrected chi connectivity index (χ1v) is 17.3. The zero-order valence-corrected chi connectivity index (χ0v) is 29.1. The number of methoxy groups -OCH3 is 1. The van der Waals surface area contributed by atoms with E-state index in [1.165, 1.54) is 37.2 Å². The van der Waals surface area contributed by atoms with E-state index in [1.54, 1.807) is 18.0 Å². The molecule has 4 aromatic rings. The Morgan fingerprint density at radius 1 is 1.00 bits per heavy atom. The van der Waals surface area contributed by atoms with Gasteiger partial charge in [0, 0.05) is 99.2 Å². The fraction of sp³-hybridized carbons (Fsp3) is 0.486. The Bertz CT molecular complexity index is 1630. The lowest BCUT2D eigenvalue weighted by molar-refractivity contribution is 0.0982. The molecule has 2 aromatic heterocycles. The molecule has 4 heterocycles. The molecule has 48 heavy (non-hydrogen) atoms. The molecule has 0 amide bonds. The van der Waals surface area contributed by atoms with Gasteiger partial charge in [-0.05, 0) is 44.4 Å². The number of hydrogen-bond acceptors (Lipinski definition) is 10. The number of anilines is 3. The molecule has 0 aliphatic carbocycles. The van der Waals surface area contributed by atoms with Crippen LogP contribution in [-0.2, 0) is 6.54 Å². The minimum absolute atomic E-state index is 0.00874. The molecule has 256 valence electrons. The summed E-state index contributed by atoms with van der Waals surface area (Å²) in [6.45, 7) is 13.8. The van der Waals surface area contributed by atoms with Crippen molar-refractivity contribution in [3.8, 4) is 22.8 Å². The zero-order chi connectivity index (χ0) is 33.6. The van der Waals surface area contributed by atoms with Gasteiger partial charge in [0.25, 0.3) is 0 Å². The second-order valence-corrected chi connectivity index (χ2v) is 13.5. The monoisotopic (exact) mass is 653 g/mol. The molecule has 2 aliphatic heterocycles. The second-order valence-electron chi connectivity index (χ2n) is 13.5. The summed E-state index contributed by atoms with van der Waals surface area (Å²) in [5.74, 6) is 2.17. The van der Waals surface area contributed by atoms with Gasteiger partial charge in [0.1, 0.15) is 5.75 Å². The van der Waals surface area contributed by atoms with Crippen molar-refractivity contribution < 1.29 is 9.84 Å². The Morgan fingerprint density at radius 2 is 1.75 bits per heavy atom. The first-order valence-electron chi connectivity index (χ1n) is 17.3. The molecule has 11 nitrogen and oxygen atoms in total. The van der Waals surface area contributed by atoms with E-state index in [0.29, 0.717) is 30.3 Å². The summed E-state index contributed by atoms with van der Waals surface area (Å²) < 4.78 is 7.68. The minimum Gasteiger partial charge on any atom is -0.494 e. The molecule has 2 aromatic carbocycles. The number of nitrogens with one attached hydrogen (secondary N) is 2. The number of nitrogens with zero attached hydrogens (tertiary/aromatic N) is 7. The maximum absolute atomic E-state index is 9.87. The molecule has 0 radical (unpaired) electrons. The molecule has 1 unspecified atom stereocenters. The van der Waals surface area contributed by atoms with E-state index in [9.17, 15) is 5.11 Å². The van der Waals surface area contributed by atoms with Gasteiger partial charge in [-0.2, -0.15) is 10.1 Å². The standard InChI is InChI=1S/C37H51N9O2/c1-26(2)32(25-47)39-23-29-24-46(42-36(29)28-9-7-6-8-10-28)35-11-14-38-37(41-35)40-31-21-27(3)33(22-34(31)48-5)45-15-12-30(13-16-45)44-19-17-43(4)18-20-44/h6-11,14,21-22,24,26,30,32,39,47H,12-13,15-20,23,25H2,1-5H3,(H,38,40,41). The first kappa shape index (κ1) is 33.9. The fourth-order valence-electron chi connectivity index (χ4n) is 6.85. The van der Waals surface area contributed by atoms with Crippen molar-refractivity contribution in [2.75, 3.05) is 70.2 Å². The van der Waals surface area contributed by atoms with Crippen LogP contribution in [0.2, 0.25) is 0 Å². The quantitative estimate of drug-likeness (QED) is 0.199. The Labute approximate surface area is 284 Å². The number of rotatable bonds is 12. The number of likely N-dealkylation sites (N-methyl/N-ethyl adjacent to an activating group) is 1. The third kappa shape index (κ3) is 7.81. The highest BCUT2D eigenvalue weighted by molar-refractivity contribution is 5.71. The summed E-state index contributed by atoms with van der Waals surface area (Å²) in [6.07, 6.45) is 6.11. The van der Waals surface area contributed by atoms with Crippen molar-refractivity contribution in [2.24, 2.45) is 5.92 Å². The number of benzene rings is 2. The van der Waals surface area contributed by atoms with Gasteiger partial charge < -0.3 is 30.3 Å². The summed E-state index contributed by atoms with van der Waals surface area (Å²) in [6, 6.07) is 16.9. The molecule has 2 fully saturated rings. The van der Waals surface area contributed by atoms with E-state index in [0.717, 1.165) is 54.4 Å². The maximum atomic E-state index is 9.87. The third-order valence-corrected chi connectivity index (χ3v) is 9.89. The highest BCUT2D eigenvalue weighted by Crippen LogP contribution is 2.36. The van der Waals surface area contributed by atoms with Crippen LogP contribution in [0.15, 0.2) is 60.9 Å². The molecule has 0 spiro atoms. The molecular weight excluding hydrogens is 602 g/mol. The number of aryl methyl sites for hydroxylation is 1. The second kappa shape index (κ2) is 15.5. The van der Waals surface area contributed by atoms with Crippen LogP contribution in [0.5, 0.6) is 5.75 Å². The van der Waals surface area contributed by atoms with Crippen molar-refractivity contribution >= 4 is 17.3 Å². The average Bonchev–Trinajstić information content (AvgIpc) is 3.54. The van der Waals surface area contributed by atoms with Crippen molar-refractivity contribution in [2.45, 2.75) is 52.2 Å². The summed E-state index contributed by atoms with van der Waals surface area (Å²) in [4.78, 5) is 17.0. The van der Waals surface area contributed by atoms with Crippen molar-refractivity contribution in [3.63, 3.8) is 0 Å². The Kier molecular flexibility index (Phi) is 10.9. The number of ether oxygens (including phenoxy) is 1. The predicted molar refractivity (Wildman–Crippen MR) is 192 cm³/mol. The summed E-state index contributed by atoms with van der Waals surface area (Å²) in [7, 11) is 3.93. The van der Waals surface area contributed by atoms with Gasteiger partial charge in [-0.15, -0.1) is 0 Å². The minimum atomic E-state index is -0.00874. The van der Waals surface area contributed by atoms with Crippen molar-refractivity contribution in [1.82, 2.24) is 34.9 Å². The smallest absolute Gasteiger partial charge is 0.229 e. The van der Waals surface area contributed by atoms with E-state index in [1.807, 2.05) is 30.5 Å². The average molecular weight is 654 g/mol. The highest BCUT2D eigenvalue weighted by Gasteiger charge is 2.28. The van der Waals surface area contributed by atoms with Crippen LogP contribution in [0.25, 0.3) is 17.1 Å². The number of aliphatic hydroxyl groups excluding tert-OH is 1. The lowest BCUT2D eigenvalue weighted by atomic mass is 10.0. The Balaban J connectivity index is 1.18. The molecule has 11 heteroatoms. The van der Waals surface area contributed by atoms with Crippen LogP contribution in [0.4, 0.5) is 17.3 Å². The predicted octanol–water partition coefficient (Wildman–Crippen LogP) is 4.71. The van der Waals surface area contributed by atoms with Crippen LogP contribution >= 0.6 is 0 Å². The molecule has 0 bridgehead atoms. The van der Waals surface area contributed by atoms with Gasteiger partial charge in [-0.3, -0.25) is 4.90 Å². The molecule has 2 saturated heterocycles. The van der Waals surface area contributed by atoms with Gasteiger partial charge in [-0.1, -0.05) is 44.2 Å². The SMILES string of the molecule is COc1cc(N2CCC(N3CCN(C)CC3)CC2)c(C)cc1Nc1nccc(-n2cc(CNC(CO)C(C)C)c(-c3ccccc3)n2)n1. The first-order chi connectivity index (χ1) is 23.3. The molecule has 6 rings (SSSR count). The van der Waals surface area contributed by atoms with Gasteiger partial charge in [-0.25, -0.2) is 9.67 Å². The summed E-state index contributed by atoms with van der Waals surface area (Å²) in [5.41, 5.74) is 6.14. The van der Waals surface area contributed by atoms with E-state index in [4.69, 9.17) is 14.8 Å². The number of aliphatic hydroxyl groups is 1. The Morgan fingerprint density at radius 3 is 2.44 bits per heavy atom. The maximum Gasteiger partial charge on any atom is 0.229 e. The van der Waals surface area contributed by atoms with Gasteiger partial charge in [0.05, 0.1) is 25.1 Å². The number of piperidine rings is 1. The molecule has 0 saturated carbocycles. The number of aromatic nitrogens is 4. The van der Waals surface area contributed by atoms with Crippen LogP contribution in [0.1, 0.15) is 37.8 Å². The molecular formula is C37H51N9O2. The van der Waals surface area contributed by atoms with Crippen LogP contribution in [-0.4, -0.2) is 107 Å². The fourth-order valence-corrected chi connectivity index (χ4v) is 6.85. The highest BCUT2D eigenvalue weighted by atomic mass is 16.5. The lowest BCUT2D eigenvalue weighted by Crippen LogP contribution is -2.52. The zero-order valence-electron chi connectivity index (χ0n) is 29.1. The van der Waals surface area contributed by atoms with E-state index < -0.39 is 0 Å². The van der Waals surface area contributed by atoms with E-state index in [-0.39, 0.29) is 12.6 Å². The number of piperazine rings is 1. The van der Waals surface area contributed by atoms with E-state index >= 15 is 0 Å². The van der Waals surface area contributed by atoms with Crippen LogP contribution in [0, 0.1) is 12.8 Å². The van der Waals surface area contributed by atoms with Crippen LogP contribution in [0.3, 0.4) is 0 Å². The normalized spacial score (nSPS) is 17.2. The largest absolute Gasteiger partial charge is 0.494 e. The Hall–Kier alpha value is -4.03. The summed E-state index contributed by atoms with van der Waals surface area (Å²) in [5, 5.41) is 21.7. The molecule has 2 aliphatic rings. The molecule has 3 N–H and O–H groups in total. The van der Waals surface area contributed by atoms with Gasteiger partial charge >= 0.3 is 0 Å². The molecule has 1 atom stereocenters. The van der Waals surface area contributed by atoms with E-state index in [2.05, 4.69) is 82.4 Å². The summed E-state index contributed by atoms with van der Waals surface area (Å²) >= 11 is 0. The van der Waals surface area contributed by atoms with Gasteiger partial charge in [0.15, 0.2) is 5.82 Å². The van der Waals surface area contributed by atoms with Crippen molar-refractivity contribution in [3.05, 3.63) is 72.1 Å². The van der Waals surface area contributed by atoms with Crippen molar-refractivity contribution in [1.29, 1.82) is 0 Å². The number of hydrogen-bond donors (Lipinski definition) is 3.